The maximum absolute atomic E-state index is 12.3. The van der Waals surface area contributed by atoms with E-state index in [-0.39, 0.29) is 11.4 Å². The van der Waals surface area contributed by atoms with E-state index in [4.69, 9.17) is 4.74 Å². The van der Waals surface area contributed by atoms with Gasteiger partial charge < -0.3 is 9.72 Å². The van der Waals surface area contributed by atoms with Gasteiger partial charge in [0.25, 0.3) is 0 Å². The monoisotopic (exact) mass is 381 g/mol. The Balaban J connectivity index is 2.08. The third kappa shape index (κ3) is 3.76. The van der Waals surface area contributed by atoms with Gasteiger partial charge in [-0.05, 0) is 62.0 Å². The Bertz CT molecular complexity index is 834. The van der Waals surface area contributed by atoms with Gasteiger partial charge in [-0.25, -0.2) is 0 Å². The van der Waals surface area contributed by atoms with Gasteiger partial charge in [0.15, 0.2) is 0 Å². The van der Waals surface area contributed by atoms with E-state index >= 15 is 0 Å². The summed E-state index contributed by atoms with van der Waals surface area (Å²) in [5, 5.41) is 1.37. The van der Waals surface area contributed by atoms with Gasteiger partial charge in [0.2, 0.25) is 0 Å². The molecule has 0 saturated carbocycles. The van der Waals surface area contributed by atoms with Gasteiger partial charge in [0.05, 0.1) is 13.5 Å². The van der Waals surface area contributed by atoms with Gasteiger partial charge in [-0.3, -0.25) is 4.79 Å². The highest BCUT2D eigenvalue weighted by molar-refractivity contribution is 5.89. The molecule has 0 bridgehead atoms. The van der Waals surface area contributed by atoms with Crippen molar-refractivity contribution in [1.29, 1.82) is 0 Å². The Kier molecular flexibility index (Phi) is 6.64. The van der Waals surface area contributed by atoms with Crippen LogP contribution in [0.3, 0.4) is 0 Å². The number of rotatable bonds is 9. The van der Waals surface area contributed by atoms with Crippen molar-refractivity contribution in [3.8, 4) is 0 Å². The summed E-state index contributed by atoms with van der Waals surface area (Å²) in [4.78, 5) is 16.1. The van der Waals surface area contributed by atoms with Crippen LogP contribution in [0.4, 0.5) is 0 Å². The number of aromatic amines is 1. The van der Waals surface area contributed by atoms with Crippen LogP contribution in [-0.2, 0) is 21.4 Å². The number of ether oxygens (including phenoxy) is 1. The number of aromatic nitrogens is 1. The van der Waals surface area contributed by atoms with Crippen molar-refractivity contribution in [3.05, 3.63) is 47.7 Å². The van der Waals surface area contributed by atoms with Crippen molar-refractivity contribution in [2.24, 2.45) is 0 Å². The third-order valence-electron chi connectivity index (χ3n) is 6.85. The van der Waals surface area contributed by atoms with E-state index < -0.39 is 0 Å². The predicted molar refractivity (Wildman–Crippen MR) is 117 cm³/mol. The minimum atomic E-state index is -0.135. The van der Waals surface area contributed by atoms with Crippen molar-refractivity contribution in [2.75, 3.05) is 7.11 Å². The first-order chi connectivity index (χ1) is 13.6. The number of hydrogen-bond donors (Lipinski definition) is 1. The molecule has 0 aliphatic heterocycles. The Morgan fingerprint density at radius 2 is 2.18 bits per heavy atom. The van der Waals surface area contributed by atoms with Crippen LogP contribution in [0, 0.1) is 0 Å². The van der Waals surface area contributed by atoms with E-state index in [1.165, 1.54) is 54.1 Å². The molecule has 0 saturated heterocycles. The summed E-state index contributed by atoms with van der Waals surface area (Å²) in [6.07, 6.45) is 11.4. The van der Waals surface area contributed by atoms with E-state index in [1.54, 1.807) is 0 Å². The van der Waals surface area contributed by atoms with Crippen LogP contribution in [0.1, 0.15) is 88.0 Å². The van der Waals surface area contributed by atoms with Crippen LogP contribution in [0.15, 0.2) is 30.9 Å². The fourth-order valence-corrected chi connectivity index (χ4v) is 5.13. The predicted octanol–water partition coefficient (Wildman–Crippen LogP) is 6.57. The maximum Gasteiger partial charge on any atom is 0.306 e. The SMILES string of the molecule is C=CCCCCC1CCC(CC)(CC(=O)OC)c2[nH]c3c(CC)cccc3c21. The van der Waals surface area contributed by atoms with Gasteiger partial charge in [-0.2, -0.15) is 0 Å². The summed E-state index contributed by atoms with van der Waals surface area (Å²) < 4.78 is 5.07. The Hall–Kier alpha value is -2.03. The highest BCUT2D eigenvalue weighted by Gasteiger charge is 2.42. The van der Waals surface area contributed by atoms with Gasteiger partial charge in [-0.15, -0.1) is 6.58 Å². The quantitative estimate of drug-likeness (QED) is 0.303. The topological polar surface area (TPSA) is 42.1 Å². The molecule has 0 fully saturated rings. The third-order valence-corrected chi connectivity index (χ3v) is 6.85. The van der Waals surface area contributed by atoms with Crippen LogP contribution in [0.5, 0.6) is 0 Å². The number of benzene rings is 1. The normalized spacial score (nSPS) is 21.5. The Labute approximate surface area is 169 Å². The standard InChI is InChI=1S/C25H35NO2/c1-5-8-9-10-12-19-15-16-25(7-3,17-21(27)28-4)24-22(19)20-14-11-13-18(6-2)23(20)26-24/h5,11,13-14,19,26H,1,6-10,12,15-17H2,2-4H3. The smallest absolute Gasteiger partial charge is 0.306 e. The number of nitrogens with one attached hydrogen (secondary N) is 1. The number of esters is 1. The molecule has 2 unspecified atom stereocenters. The molecule has 0 spiro atoms. The fourth-order valence-electron chi connectivity index (χ4n) is 5.13. The number of para-hydroxylation sites is 1. The van der Waals surface area contributed by atoms with E-state index in [0.717, 1.165) is 32.1 Å². The molecule has 2 aromatic rings. The first-order valence-electron chi connectivity index (χ1n) is 10.9. The number of fused-ring (bicyclic) bond motifs is 3. The van der Waals surface area contributed by atoms with Crippen molar-refractivity contribution in [1.82, 2.24) is 4.98 Å². The van der Waals surface area contributed by atoms with Gasteiger partial charge in [-0.1, -0.05) is 44.5 Å². The van der Waals surface area contributed by atoms with Gasteiger partial charge in [0.1, 0.15) is 0 Å². The average Bonchev–Trinajstić information content (AvgIpc) is 3.13. The summed E-state index contributed by atoms with van der Waals surface area (Å²) in [5.41, 5.74) is 5.28. The largest absolute Gasteiger partial charge is 0.469 e. The second-order valence-electron chi connectivity index (χ2n) is 8.30. The molecule has 0 radical (unpaired) electrons. The number of methoxy groups -OCH3 is 1. The first-order valence-corrected chi connectivity index (χ1v) is 10.9. The summed E-state index contributed by atoms with van der Waals surface area (Å²) >= 11 is 0. The van der Waals surface area contributed by atoms with Crippen LogP contribution in [-0.4, -0.2) is 18.1 Å². The van der Waals surface area contributed by atoms with Crippen molar-refractivity contribution < 1.29 is 9.53 Å². The van der Waals surface area contributed by atoms with Crippen LogP contribution in [0.2, 0.25) is 0 Å². The lowest BCUT2D eigenvalue weighted by Crippen LogP contribution is -2.34. The van der Waals surface area contributed by atoms with Gasteiger partial charge in [0, 0.05) is 22.0 Å². The fraction of sp³-hybridized carbons (Fsp3) is 0.560. The van der Waals surface area contributed by atoms with Crippen LogP contribution < -0.4 is 0 Å². The summed E-state index contributed by atoms with van der Waals surface area (Å²) in [6.45, 7) is 8.27. The molecule has 2 atom stereocenters. The molecule has 1 aliphatic rings. The lowest BCUT2D eigenvalue weighted by molar-refractivity contribution is -0.142. The van der Waals surface area contributed by atoms with Crippen LogP contribution in [0.25, 0.3) is 10.9 Å². The second-order valence-corrected chi connectivity index (χ2v) is 8.30. The average molecular weight is 382 g/mol. The van der Waals surface area contributed by atoms with Gasteiger partial charge >= 0.3 is 5.97 Å². The number of carbonyl (C=O) groups is 1. The zero-order valence-electron chi connectivity index (χ0n) is 17.8. The lowest BCUT2D eigenvalue weighted by Gasteiger charge is -2.39. The molecule has 1 aromatic carbocycles. The van der Waals surface area contributed by atoms with E-state index in [0.29, 0.717) is 12.3 Å². The minimum absolute atomic E-state index is 0.105. The molecular weight excluding hydrogens is 346 g/mol. The second kappa shape index (κ2) is 8.98. The van der Waals surface area contributed by atoms with Crippen LogP contribution >= 0.6 is 0 Å². The molecule has 3 nitrogen and oxygen atoms in total. The number of carbonyl (C=O) groups excluding carboxylic acids is 1. The summed E-state index contributed by atoms with van der Waals surface area (Å²) in [7, 11) is 1.50. The molecule has 0 amide bonds. The molecule has 1 aliphatic carbocycles. The minimum Gasteiger partial charge on any atom is -0.469 e. The van der Waals surface area contributed by atoms with E-state index in [9.17, 15) is 4.79 Å². The van der Waals surface area contributed by atoms with Crippen molar-refractivity contribution >= 4 is 16.9 Å². The summed E-state index contributed by atoms with van der Waals surface area (Å²) in [5.74, 6) is 0.463. The number of hydrogen-bond acceptors (Lipinski definition) is 2. The van der Waals surface area contributed by atoms with Crippen molar-refractivity contribution in [2.45, 2.75) is 83.0 Å². The molecule has 3 rings (SSSR count). The highest BCUT2D eigenvalue weighted by atomic mass is 16.5. The molecule has 28 heavy (non-hydrogen) atoms. The molecular formula is C25H35NO2. The first kappa shape index (κ1) is 20.7. The molecule has 3 heteroatoms. The van der Waals surface area contributed by atoms with E-state index in [1.807, 2.05) is 6.08 Å². The maximum atomic E-state index is 12.3. The number of H-pyrrole nitrogens is 1. The van der Waals surface area contributed by atoms with Crippen molar-refractivity contribution in [3.63, 3.8) is 0 Å². The van der Waals surface area contributed by atoms with E-state index in [2.05, 4.69) is 43.6 Å². The Morgan fingerprint density at radius 1 is 1.36 bits per heavy atom. The molecule has 1 N–H and O–H groups in total. The zero-order valence-corrected chi connectivity index (χ0v) is 17.8. The number of aryl methyl sites for hydroxylation is 1. The lowest BCUT2D eigenvalue weighted by atomic mass is 9.65. The molecule has 152 valence electrons. The Morgan fingerprint density at radius 3 is 2.86 bits per heavy atom. The molecule has 1 aromatic heterocycles. The zero-order chi connectivity index (χ0) is 20.1. The molecule has 1 heterocycles. The number of unbranched alkanes of at least 4 members (excludes halogenated alkanes) is 2. The highest BCUT2D eigenvalue weighted by Crippen LogP contribution is 2.51. The summed E-state index contributed by atoms with van der Waals surface area (Å²) in [6, 6.07) is 6.67. The number of allylic oxidation sites excluding steroid dienone is 1.